The van der Waals surface area contributed by atoms with Crippen molar-refractivity contribution in [2.45, 2.75) is 20.3 Å². The summed E-state index contributed by atoms with van der Waals surface area (Å²) in [5.74, 6) is -1.81. The van der Waals surface area contributed by atoms with Crippen molar-refractivity contribution in [3.8, 4) is 0 Å². The molecular formula is C14H20O7. The first-order chi connectivity index (χ1) is 9.74. The van der Waals surface area contributed by atoms with E-state index in [0.29, 0.717) is 0 Å². The Kier molecular flexibility index (Phi) is 12.5. The zero-order valence-electron chi connectivity index (χ0n) is 12.5. The molecule has 0 saturated heterocycles. The van der Waals surface area contributed by atoms with Gasteiger partial charge < -0.3 is 14.2 Å². The van der Waals surface area contributed by atoms with Crippen LogP contribution >= 0.6 is 0 Å². The van der Waals surface area contributed by atoms with E-state index < -0.39 is 17.9 Å². The van der Waals surface area contributed by atoms with Crippen molar-refractivity contribution in [2.24, 2.45) is 0 Å². The standard InChI is InChI=1S/C10H14O5.C4H6O2/c1-7(2)10(13)15-5-4-14-9(12)6-8(3)11;1-3-4(5)6-2/h1,4-6H2,2-3H3;3H,1H2,2H3. The van der Waals surface area contributed by atoms with E-state index in [2.05, 4.69) is 27.4 Å². The van der Waals surface area contributed by atoms with Gasteiger partial charge in [0.1, 0.15) is 25.4 Å². The van der Waals surface area contributed by atoms with E-state index in [4.69, 9.17) is 0 Å². The summed E-state index contributed by atoms with van der Waals surface area (Å²) in [6.07, 6.45) is 0.856. The number of ether oxygens (including phenoxy) is 3. The summed E-state index contributed by atoms with van der Waals surface area (Å²) in [4.78, 5) is 42.0. The van der Waals surface area contributed by atoms with Crippen molar-refractivity contribution in [1.82, 2.24) is 0 Å². The van der Waals surface area contributed by atoms with E-state index in [1.165, 1.54) is 21.0 Å². The van der Waals surface area contributed by atoms with Gasteiger partial charge in [-0.25, -0.2) is 9.59 Å². The van der Waals surface area contributed by atoms with Crippen molar-refractivity contribution < 1.29 is 33.4 Å². The van der Waals surface area contributed by atoms with E-state index in [0.717, 1.165) is 6.08 Å². The van der Waals surface area contributed by atoms with Gasteiger partial charge in [-0.1, -0.05) is 13.2 Å². The predicted molar refractivity (Wildman–Crippen MR) is 74.2 cm³/mol. The van der Waals surface area contributed by atoms with Crippen molar-refractivity contribution in [2.75, 3.05) is 20.3 Å². The predicted octanol–water partition coefficient (Wildman–Crippen LogP) is 0.973. The molecule has 7 nitrogen and oxygen atoms in total. The topological polar surface area (TPSA) is 96.0 Å². The lowest BCUT2D eigenvalue weighted by atomic mass is 10.3. The number of methoxy groups -OCH3 is 1. The molecule has 0 saturated carbocycles. The van der Waals surface area contributed by atoms with Crippen LogP contribution in [0.1, 0.15) is 20.3 Å². The fraction of sp³-hybridized carbons (Fsp3) is 0.429. The van der Waals surface area contributed by atoms with Crippen molar-refractivity contribution in [3.05, 3.63) is 24.8 Å². The van der Waals surface area contributed by atoms with Crippen LogP contribution in [0.3, 0.4) is 0 Å². The monoisotopic (exact) mass is 300 g/mol. The van der Waals surface area contributed by atoms with Crippen molar-refractivity contribution in [1.29, 1.82) is 0 Å². The lowest BCUT2D eigenvalue weighted by molar-refractivity contribution is -0.151. The molecule has 21 heavy (non-hydrogen) atoms. The van der Waals surface area contributed by atoms with Gasteiger partial charge in [-0.3, -0.25) is 9.59 Å². The molecule has 0 unspecified atom stereocenters. The molecule has 0 N–H and O–H groups in total. The Morgan fingerprint density at radius 1 is 1.05 bits per heavy atom. The maximum absolute atomic E-state index is 10.8. The third-order valence-corrected chi connectivity index (χ3v) is 1.69. The first kappa shape index (κ1) is 20.9. The highest BCUT2D eigenvalue weighted by Gasteiger charge is 2.07. The van der Waals surface area contributed by atoms with Gasteiger partial charge in [0.15, 0.2) is 0 Å². The summed E-state index contributed by atoms with van der Waals surface area (Å²) in [5, 5.41) is 0. The summed E-state index contributed by atoms with van der Waals surface area (Å²) >= 11 is 0. The number of ketones is 1. The highest BCUT2D eigenvalue weighted by atomic mass is 16.6. The number of esters is 3. The molecule has 0 rings (SSSR count). The molecule has 0 bridgehead atoms. The van der Waals surface area contributed by atoms with E-state index in [-0.39, 0.29) is 31.0 Å². The molecule has 0 aliphatic heterocycles. The van der Waals surface area contributed by atoms with Crippen LogP contribution in [0, 0.1) is 0 Å². The maximum atomic E-state index is 10.8. The fourth-order valence-electron chi connectivity index (χ4n) is 0.751. The lowest BCUT2D eigenvalue weighted by Gasteiger charge is -2.05. The average molecular weight is 300 g/mol. The second kappa shape index (κ2) is 12.6. The quantitative estimate of drug-likeness (QED) is 0.227. The van der Waals surface area contributed by atoms with Gasteiger partial charge in [-0.15, -0.1) is 0 Å². The van der Waals surface area contributed by atoms with Gasteiger partial charge in [0.25, 0.3) is 0 Å². The Balaban J connectivity index is 0. The molecule has 0 aromatic rings. The molecular weight excluding hydrogens is 280 g/mol. The smallest absolute Gasteiger partial charge is 0.333 e. The van der Waals surface area contributed by atoms with E-state index in [9.17, 15) is 19.2 Å². The minimum atomic E-state index is -0.617. The number of rotatable bonds is 7. The summed E-state index contributed by atoms with van der Waals surface area (Å²) in [5.41, 5.74) is 0.282. The molecule has 0 spiro atoms. The van der Waals surface area contributed by atoms with Crippen molar-refractivity contribution >= 4 is 23.7 Å². The molecule has 0 aliphatic carbocycles. The van der Waals surface area contributed by atoms with E-state index in [1.54, 1.807) is 0 Å². The molecule has 0 aromatic heterocycles. The zero-order chi connectivity index (χ0) is 16.8. The molecule has 0 atom stereocenters. The minimum Gasteiger partial charge on any atom is -0.466 e. The number of carbonyl (C=O) groups is 4. The molecule has 0 radical (unpaired) electrons. The highest BCUT2D eigenvalue weighted by Crippen LogP contribution is 1.93. The normalized spacial score (nSPS) is 8.52. The third kappa shape index (κ3) is 15.5. The largest absolute Gasteiger partial charge is 0.466 e. The van der Waals surface area contributed by atoms with Crippen molar-refractivity contribution in [3.63, 3.8) is 0 Å². The Hall–Kier alpha value is -2.44. The SMILES string of the molecule is C=C(C)C(=O)OCCOC(=O)CC(C)=O.C=CC(=O)OC. The molecule has 0 fully saturated rings. The van der Waals surface area contributed by atoms with Gasteiger partial charge in [0, 0.05) is 11.6 Å². The van der Waals surface area contributed by atoms with Gasteiger partial charge >= 0.3 is 17.9 Å². The number of Topliss-reactive ketones (excluding diaryl/α,β-unsaturated/α-hetero) is 1. The van der Waals surface area contributed by atoms with Gasteiger partial charge in [-0.2, -0.15) is 0 Å². The second-order valence-corrected chi connectivity index (χ2v) is 3.74. The third-order valence-electron chi connectivity index (χ3n) is 1.69. The highest BCUT2D eigenvalue weighted by molar-refractivity contribution is 5.94. The molecule has 7 heteroatoms. The van der Waals surface area contributed by atoms with Crippen LogP contribution < -0.4 is 0 Å². The number of hydrogen-bond acceptors (Lipinski definition) is 7. The molecule has 118 valence electrons. The zero-order valence-corrected chi connectivity index (χ0v) is 12.5. The minimum absolute atomic E-state index is 0.0324. The van der Waals surface area contributed by atoms with E-state index >= 15 is 0 Å². The van der Waals surface area contributed by atoms with Crippen LogP contribution in [0.25, 0.3) is 0 Å². The Labute approximate surface area is 123 Å². The molecule has 0 amide bonds. The number of hydrogen-bond donors (Lipinski definition) is 0. The molecule has 0 heterocycles. The Bertz CT molecular complexity index is 410. The van der Waals surface area contributed by atoms with Crippen LogP contribution in [0.4, 0.5) is 0 Å². The van der Waals surface area contributed by atoms with Gasteiger partial charge in [-0.05, 0) is 13.8 Å². The summed E-state index contributed by atoms with van der Waals surface area (Å²) in [6, 6.07) is 0. The summed E-state index contributed by atoms with van der Waals surface area (Å²) in [6.45, 7) is 9.27. The van der Waals surface area contributed by atoms with Gasteiger partial charge in [0.2, 0.25) is 0 Å². The average Bonchev–Trinajstić information content (AvgIpc) is 2.42. The maximum Gasteiger partial charge on any atom is 0.333 e. The lowest BCUT2D eigenvalue weighted by Crippen LogP contribution is -2.15. The van der Waals surface area contributed by atoms with Crippen LogP contribution in [0.2, 0.25) is 0 Å². The van der Waals surface area contributed by atoms with Crippen LogP contribution in [-0.4, -0.2) is 44.0 Å². The first-order valence-corrected chi connectivity index (χ1v) is 5.92. The van der Waals surface area contributed by atoms with Crippen LogP contribution in [0.15, 0.2) is 24.8 Å². The number of carbonyl (C=O) groups excluding carboxylic acids is 4. The summed E-state index contributed by atoms with van der Waals surface area (Å²) < 4.78 is 13.4. The van der Waals surface area contributed by atoms with E-state index in [1.807, 2.05) is 0 Å². The van der Waals surface area contributed by atoms with Crippen LogP contribution in [-0.2, 0) is 33.4 Å². The van der Waals surface area contributed by atoms with Crippen LogP contribution in [0.5, 0.6) is 0 Å². The molecule has 0 aromatic carbocycles. The molecule has 0 aliphatic rings. The fourth-order valence-corrected chi connectivity index (χ4v) is 0.751. The van der Waals surface area contributed by atoms with Gasteiger partial charge in [0.05, 0.1) is 7.11 Å². The first-order valence-electron chi connectivity index (χ1n) is 5.92. The summed E-state index contributed by atoms with van der Waals surface area (Å²) in [7, 11) is 1.31. The Morgan fingerprint density at radius 2 is 1.57 bits per heavy atom. The second-order valence-electron chi connectivity index (χ2n) is 3.74. The Morgan fingerprint density at radius 3 is 1.90 bits per heavy atom.